The molecule has 0 bridgehead atoms. The van der Waals surface area contributed by atoms with Crippen molar-refractivity contribution in [3.63, 3.8) is 0 Å². The van der Waals surface area contributed by atoms with Gasteiger partial charge < -0.3 is 19.6 Å². The highest BCUT2D eigenvalue weighted by molar-refractivity contribution is 8.00. The van der Waals surface area contributed by atoms with Crippen LogP contribution in [0.3, 0.4) is 0 Å². The molecule has 0 aliphatic heterocycles. The SMILES string of the molecule is COc1ccc2nc(S[C@@H](C)C(=O)Nc3cc(C)on3)[nH]c2c1. The zero-order valence-electron chi connectivity index (χ0n) is 12.9. The van der Waals surface area contributed by atoms with Crippen molar-refractivity contribution in [1.29, 1.82) is 0 Å². The molecule has 0 saturated heterocycles. The fourth-order valence-electron chi connectivity index (χ4n) is 2.02. The minimum absolute atomic E-state index is 0.165. The van der Waals surface area contributed by atoms with E-state index in [0.29, 0.717) is 16.7 Å². The second-order valence-corrected chi connectivity index (χ2v) is 6.33. The van der Waals surface area contributed by atoms with E-state index in [-0.39, 0.29) is 11.2 Å². The van der Waals surface area contributed by atoms with Crippen LogP contribution in [0.15, 0.2) is 33.9 Å². The average molecular weight is 332 g/mol. The number of aryl methyl sites for hydroxylation is 1. The summed E-state index contributed by atoms with van der Waals surface area (Å²) < 4.78 is 10.1. The van der Waals surface area contributed by atoms with Gasteiger partial charge in [-0.25, -0.2) is 4.98 Å². The summed E-state index contributed by atoms with van der Waals surface area (Å²) in [7, 11) is 1.62. The molecule has 3 rings (SSSR count). The Balaban J connectivity index is 1.69. The molecule has 7 nitrogen and oxygen atoms in total. The van der Waals surface area contributed by atoms with E-state index in [1.165, 1.54) is 11.8 Å². The lowest BCUT2D eigenvalue weighted by atomic mass is 10.3. The van der Waals surface area contributed by atoms with Crippen molar-refractivity contribution in [2.45, 2.75) is 24.3 Å². The summed E-state index contributed by atoms with van der Waals surface area (Å²) >= 11 is 1.34. The van der Waals surface area contributed by atoms with E-state index in [2.05, 4.69) is 20.4 Å². The number of amides is 1. The van der Waals surface area contributed by atoms with Gasteiger partial charge in [-0.2, -0.15) is 0 Å². The van der Waals surface area contributed by atoms with Crippen LogP contribution in [-0.4, -0.2) is 33.4 Å². The summed E-state index contributed by atoms with van der Waals surface area (Å²) in [5.41, 5.74) is 1.69. The van der Waals surface area contributed by atoms with Gasteiger partial charge in [0.15, 0.2) is 11.0 Å². The van der Waals surface area contributed by atoms with Gasteiger partial charge >= 0.3 is 0 Å². The van der Waals surface area contributed by atoms with Gasteiger partial charge in [-0.3, -0.25) is 4.79 Å². The molecule has 0 aliphatic carbocycles. The van der Waals surface area contributed by atoms with Gasteiger partial charge in [-0.1, -0.05) is 16.9 Å². The third-order valence-electron chi connectivity index (χ3n) is 3.20. The Morgan fingerprint density at radius 3 is 2.96 bits per heavy atom. The predicted molar refractivity (Wildman–Crippen MR) is 87.8 cm³/mol. The first-order chi connectivity index (χ1) is 11.0. The number of fused-ring (bicyclic) bond motifs is 1. The molecule has 2 heterocycles. The van der Waals surface area contributed by atoms with Crippen molar-refractivity contribution in [3.05, 3.63) is 30.0 Å². The number of carbonyl (C=O) groups is 1. The van der Waals surface area contributed by atoms with E-state index in [9.17, 15) is 4.79 Å². The lowest BCUT2D eigenvalue weighted by Gasteiger charge is -2.07. The number of carbonyl (C=O) groups excluding carboxylic acids is 1. The lowest BCUT2D eigenvalue weighted by molar-refractivity contribution is -0.115. The van der Waals surface area contributed by atoms with Gasteiger partial charge in [0, 0.05) is 12.1 Å². The topological polar surface area (TPSA) is 93.0 Å². The molecule has 2 aromatic heterocycles. The Bertz CT molecular complexity index is 842. The zero-order valence-corrected chi connectivity index (χ0v) is 13.7. The van der Waals surface area contributed by atoms with Crippen molar-refractivity contribution >= 4 is 34.5 Å². The minimum atomic E-state index is -0.338. The molecular weight excluding hydrogens is 316 g/mol. The number of hydrogen-bond acceptors (Lipinski definition) is 6. The summed E-state index contributed by atoms with van der Waals surface area (Å²) in [6.07, 6.45) is 0. The number of H-pyrrole nitrogens is 1. The van der Waals surface area contributed by atoms with Crippen molar-refractivity contribution in [2.24, 2.45) is 0 Å². The minimum Gasteiger partial charge on any atom is -0.497 e. The van der Waals surface area contributed by atoms with Crippen molar-refractivity contribution < 1.29 is 14.1 Å². The summed E-state index contributed by atoms with van der Waals surface area (Å²) in [4.78, 5) is 19.8. The number of hydrogen-bond donors (Lipinski definition) is 2. The molecule has 1 amide bonds. The van der Waals surface area contributed by atoms with Gasteiger partial charge in [0.25, 0.3) is 0 Å². The molecule has 0 aliphatic rings. The van der Waals surface area contributed by atoms with Crippen LogP contribution < -0.4 is 10.1 Å². The maximum atomic E-state index is 12.2. The van der Waals surface area contributed by atoms with E-state index in [1.807, 2.05) is 18.2 Å². The molecule has 1 atom stereocenters. The molecule has 0 saturated carbocycles. The maximum absolute atomic E-state index is 12.2. The molecule has 2 N–H and O–H groups in total. The summed E-state index contributed by atoms with van der Waals surface area (Å²) in [6.45, 7) is 3.57. The van der Waals surface area contributed by atoms with Crippen molar-refractivity contribution in [1.82, 2.24) is 15.1 Å². The highest BCUT2D eigenvalue weighted by Gasteiger charge is 2.18. The Morgan fingerprint density at radius 2 is 2.26 bits per heavy atom. The molecule has 0 fully saturated rings. The fourth-order valence-corrected chi connectivity index (χ4v) is 2.84. The molecule has 1 aromatic carbocycles. The van der Waals surface area contributed by atoms with Crippen LogP contribution in [0.4, 0.5) is 5.82 Å². The highest BCUT2D eigenvalue weighted by Crippen LogP contribution is 2.26. The first-order valence-electron chi connectivity index (χ1n) is 7.00. The first kappa shape index (κ1) is 15.4. The standard InChI is InChI=1S/C15H16N4O3S/c1-8-6-13(19-22-8)18-14(20)9(2)23-15-16-11-5-4-10(21-3)7-12(11)17-15/h4-7,9H,1-3H3,(H,16,17)(H,18,19,20)/t9-/m0/s1. The number of aromatic nitrogens is 3. The van der Waals surface area contributed by atoms with Crippen LogP contribution in [-0.2, 0) is 4.79 Å². The molecular formula is C15H16N4O3S. The summed E-state index contributed by atoms with van der Waals surface area (Å²) in [6, 6.07) is 7.26. The number of nitrogens with zero attached hydrogens (tertiary/aromatic N) is 2. The largest absolute Gasteiger partial charge is 0.497 e. The van der Waals surface area contributed by atoms with Crippen LogP contribution in [0.1, 0.15) is 12.7 Å². The van der Waals surface area contributed by atoms with E-state index in [1.54, 1.807) is 27.0 Å². The molecule has 23 heavy (non-hydrogen) atoms. The molecule has 0 radical (unpaired) electrons. The van der Waals surface area contributed by atoms with Crippen LogP contribution in [0.25, 0.3) is 11.0 Å². The second kappa shape index (κ2) is 6.33. The Hall–Kier alpha value is -2.48. The number of aromatic amines is 1. The van der Waals surface area contributed by atoms with Crippen LogP contribution >= 0.6 is 11.8 Å². The monoisotopic (exact) mass is 332 g/mol. The van der Waals surface area contributed by atoms with Crippen molar-refractivity contribution in [2.75, 3.05) is 12.4 Å². The summed E-state index contributed by atoms with van der Waals surface area (Å²) in [5, 5.41) is 6.79. The van der Waals surface area contributed by atoms with Gasteiger partial charge in [-0.15, -0.1) is 0 Å². The maximum Gasteiger partial charge on any atom is 0.238 e. The number of benzene rings is 1. The van der Waals surface area contributed by atoms with Crippen molar-refractivity contribution in [3.8, 4) is 5.75 Å². The Labute approximate surface area is 136 Å². The average Bonchev–Trinajstić information content (AvgIpc) is 3.11. The van der Waals surface area contributed by atoms with Crippen LogP contribution in [0, 0.1) is 6.92 Å². The molecule has 120 valence electrons. The second-order valence-electron chi connectivity index (χ2n) is 5.00. The molecule has 8 heteroatoms. The van der Waals surface area contributed by atoms with Gasteiger partial charge in [0.1, 0.15) is 11.5 Å². The number of nitrogens with one attached hydrogen (secondary N) is 2. The summed E-state index contributed by atoms with van der Waals surface area (Å²) in [5.74, 6) is 1.65. The molecule has 0 spiro atoms. The van der Waals surface area contributed by atoms with E-state index in [4.69, 9.17) is 9.26 Å². The lowest BCUT2D eigenvalue weighted by Crippen LogP contribution is -2.22. The third-order valence-corrected chi connectivity index (χ3v) is 4.19. The van der Waals surface area contributed by atoms with E-state index in [0.717, 1.165) is 16.8 Å². The normalized spacial score (nSPS) is 12.3. The van der Waals surface area contributed by atoms with Gasteiger partial charge in [0.05, 0.1) is 23.4 Å². The smallest absolute Gasteiger partial charge is 0.238 e. The number of anilines is 1. The van der Waals surface area contributed by atoms with E-state index >= 15 is 0 Å². The number of thioether (sulfide) groups is 1. The number of methoxy groups -OCH3 is 1. The zero-order chi connectivity index (χ0) is 16.4. The van der Waals surface area contributed by atoms with Crippen LogP contribution in [0.2, 0.25) is 0 Å². The van der Waals surface area contributed by atoms with E-state index < -0.39 is 0 Å². The molecule has 0 unspecified atom stereocenters. The Morgan fingerprint density at radius 1 is 1.43 bits per heavy atom. The van der Waals surface area contributed by atoms with Crippen LogP contribution in [0.5, 0.6) is 5.75 Å². The third kappa shape index (κ3) is 3.48. The van der Waals surface area contributed by atoms with Gasteiger partial charge in [-0.05, 0) is 26.0 Å². The number of rotatable bonds is 5. The fraction of sp³-hybridized carbons (Fsp3) is 0.267. The highest BCUT2D eigenvalue weighted by atomic mass is 32.2. The quantitative estimate of drug-likeness (QED) is 0.698. The molecule has 3 aromatic rings. The first-order valence-corrected chi connectivity index (χ1v) is 7.87. The number of ether oxygens (including phenoxy) is 1. The Kier molecular flexibility index (Phi) is 4.24. The van der Waals surface area contributed by atoms with Gasteiger partial charge in [0.2, 0.25) is 5.91 Å². The number of imidazole rings is 1. The predicted octanol–water partition coefficient (Wildman–Crippen LogP) is 2.99.